The third-order valence-corrected chi connectivity index (χ3v) is 3.92. The molecule has 1 aliphatic carbocycles. The summed E-state index contributed by atoms with van der Waals surface area (Å²) in [6.07, 6.45) is 3.75. The van der Waals surface area contributed by atoms with Crippen molar-refractivity contribution < 1.29 is 14.7 Å². The summed E-state index contributed by atoms with van der Waals surface area (Å²) in [6.45, 7) is 8.91. The molecule has 0 spiro atoms. The van der Waals surface area contributed by atoms with Gasteiger partial charge in [0.25, 0.3) is 0 Å². The van der Waals surface area contributed by atoms with Crippen molar-refractivity contribution >= 4 is 12.0 Å². The van der Waals surface area contributed by atoms with E-state index in [4.69, 9.17) is 0 Å². The van der Waals surface area contributed by atoms with Gasteiger partial charge in [0.15, 0.2) is 0 Å². The molecular formula is C15H28N2O3. The molecule has 1 aliphatic rings. The molecule has 0 bridgehead atoms. The van der Waals surface area contributed by atoms with Crippen LogP contribution in [0, 0.1) is 11.3 Å². The fraction of sp³-hybridized carbons (Fsp3) is 0.867. The van der Waals surface area contributed by atoms with Crippen molar-refractivity contribution in [2.75, 3.05) is 6.54 Å². The van der Waals surface area contributed by atoms with Gasteiger partial charge in [-0.15, -0.1) is 0 Å². The topological polar surface area (TPSA) is 78.4 Å². The van der Waals surface area contributed by atoms with Crippen molar-refractivity contribution in [3.8, 4) is 0 Å². The number of urea groups is 1. The first kappa shape index (κ1) is 16.8. The molecule has 0 aromatic heterocycles. The molecule has 2 unspecified atom stereocenters. The van der Waals surface area contributed by atoms with Gasteiger partial charge in [-0.2, -0.15) is 0 Å². The minimum absolute atomic E-state index is 0.150. The Morgan fingerprint density at radius 1 is 1.35 bits per heavy atom. The lowest BCUT2D eigenvalue weighted by Gasteiger charge is -2.37. The average molecular weight is 284 g/mol. The molecule has 20 heavy (non-hydrogen) atoms. The van der Waals surface area contributed by atoms with Crippen molar-refractivity contribution in [1.82, 2.24) is 10.6 Å². The minimum Gasteiger partial charge on any atom is -0.480 e. The molecule has 5 heteroatoms. The SMILES string of the molecule is CC1CCCC(NC(=O)NCCC(C)(C)C)(C(=O)O)C1. The molecule has 0 radical (unpaired) electrons. The number of aliphatic carboxylic acids is 1. The first-order valence-corrected chi connectivity index (χ1v) is 7.44. The van der Waals surface area contributed by atoms with Crippen LogP contribution in [-0.2, 0) is 4.79 Å². The molecule has 0 aliphatic heterocycles. The predicted octanol–water partition coefficient (Wildman–Crippen LogP) is 2.76. The van der Waals surface area contributed by atoms with Crippen LogP contribution < -0.4 is 10.6 Å². The fourth-order valence-electron chi connectivity index (χ4n) is 2.73. The van der Waals surface area contributed by atoms with Gasteiger partial charge in [-0.05, 0) is 30.6 Å². The van der Waals surface area contributed by atoms with Crippen LogP contribution in [0.25, 0.3) is 0 Å². The molecule has 0 saturated heterocycles. The molecule has 1 rings (SSSR count). The number of hydrogen-bond donors (Lipinski definition) is 3. The Morgan fingerprint density at radius 2 is 2.00 bits per heavy atom. The van der Waals surface area contributed by atoms with E-state index in [1.54, 1.807) is 0 Å². The van der Waals surface area contributed by atoms with E-state index in [-0.39, 0.29) is 11.4 Å². The number of carboxylic acid groups (broad SMARTS) is 1. The molecule has 5 nitrogen and oxygen atoms in total. The maximum atomic E-state index is 11.9. The first-order chi connectivity index (χ1) is 9.15. The van der Waals surface area contributed by atoms with Gasteiger partial charge in [0.2, 0.25) is 0 Å². The smallest absolute Gasteiger partial charge is 0.329 e. The number of amides is 2. The quantitative estimate of drug-likeness (QED) is 0.742. The third-order valence-electron chi connectivity index (χ3n) is 3.92. The number of nitrogens with one attached hydrogen (secondary N) is 2. The highest BCUT2D eigenvalue weighted by molar-refractivity contribution is 5.86. The number of carboxylic acids is 1. The second-order valence-corrected chi connectivity index (χ2v) is 7.28. The van der Waals surface area contributed by atoms with E-state index in [1.165, 1.54) is 0 Å². The van der Waals surface area contributed by atoms with Gasteiger partial charge < -0.3 is 15.7 Å². The lowest BCUT2D eigenvalue weighted by Crippen LogP contribution is -2.59. The van der Waals surface area contributed by atoms with Gasteiger partial charge in [0.05, 0.1) is 0 Å². The van der Waals surface area contributed by atoms with Gasteiger partial charge in [-0.25, -0.2) is 9.59 Å². The lowest BCUT2D eigenvalue weighted by molar-refractivity contribution is -0.146. The summed E-state index contributed by atoms with van der Waals surface area (Å²) in [5.41, 5.74) is -0.944. The van der Waals surface area contributed by atoms with E-state index in [0.717, 1.165) is 19.3 Å². The van der Waals surface area contributed by atoms with E-state index in [2.05, 4.69) is 31.4 Å². The van der Waals surface area contributed by atoms with E-state index >= 15 is 0 Å². The highest BCUT2D eigenvalue weighted by Crippen LogP contribution is 2.32. The summed E-state index contributed by atoms with van der Waals surface area (Å²) < 4.78 is 0. The minimum atomic E-state index is -1.09. The van der Waals surface area contributed by atoms with E-state index in [0.29, 0.717) is 25.3 Å². The van der Waals surface area contributed by atoms with Crippen LogP contribution >= 0.6 is 0 Å². The van der Waals surface area contributed by atoms with Crippen LogP contribution in [0.2, 0.25) is 0 Å². The lowest BCUT2D eigenvalue weighted by atomic mass is 9.76. The van der Waals surface area contributed by atoms with Crippen LogP contribution in [0.1, 0.15) is 59.8 Å². The van der Waals surface area contributed by atoms with Gasteiger partial charge in [0.1, 0.15) is 5.54 Å². The van der Waals surface area contributed by atoms with Gasteiger partial charge >= 0.3 is 12.0 Å². The van der Waals surface area contributed by atoms with Gasteiger partial charge in [-0.1, -0.05) is 40.5 Å². The Bertz CT molecular complexity index is 363. The molecule has 116 valence electrons. The maximum Gasteiger partial charge on any atom is 0.329 e. The maximum absolute atomic E-state index is 11.9. The second-order valence-electron chi connectivity index (χ2n) is 7.28. The largest absolute Gasteiger partial charge is 0.480 e. The summed E-state index contributed by atoms with van der Waals surface area (Å²) in [4.78, 5) is 23.5. The highest BCUT2D eigenvalue weighted by Gasteiger charge is 2.43. The van der Waals surface area contributed by atoms with E-state index < -0.39 is 11.5 Å². The Morgan fingerprint density at radius 3 is 2.50 bits per heavy atom. The number of rotatable bonds is 4. The first-order valence-electron chi connectivity index (χ1n) is 7.44. The van der Waals surface area contributed by atoms with Crippen molar-refractivity contribution in [2.45, 2.75) is 65.3 Å². The molecule has 0 aromatic rings. The van der Waals surface area contributed by atoms with Crippen molar-refractivity contribution in [3.63, 3.8) is 0 Å². The summed E-state index contributed by atoms with van der Waals surface area (Å²) in [7, 11) is 0. The molecule has 1 fully saturated rings. The summed E-state index contributed by atoms with van der Waals surface area (Å²) in [5, 5.41) is 14.9. The Hall–Kier alpha value is -1.26. The summed E-state index contributed by atoms with van der Waals surface area (Å²) in [6, 6.07) is -0.370. The highest BCUT2D eigenvalue weighted by atomic mass is 16.4. The number of carbonyl (C=O) groups is 2. The van der Waals surface area contributed by atoms with E-state index in [1.807, 2.05) is 6.92 Å². The summed E-state index contributed by atoms with van der Waals surface area (Å²) >= 11 is 0. The zero-order valence-electron chi connectivity index (χ0n) is 13.1. The third kappa shape index (κ3) is 5.02. The second kappa shape index (κ2) is 6.46. The Labute approximate surface area is 121 Å². The Kier molecular flexibility index (Phi) is 5.42. The molecule has 2 atom stereocenters. The van der Waals surface area contributed by atoms with Crippen LogP contribution in [0.4, 0.5) is 4.79 Å². The molecule has 3 N–H and O–H groups in total. The molecular weight excluding hydrogens is 256 g/mol. The zero-order chi connectivity index (χ0) is 15.4. The number of carbonyl (C=O) groups excluding carboxylic acids is 1. The predicted molar refractivity (Wildman–Crippen MR) is 78.6 cm³/mol. The molecule has 0 heterocycles. The Balaban J connectivity index is 2.54. The normalized spacial score (nSPS) is 26.9. The van der Waals surface area contributed by atoms with E-state index in [9.17, 15) is 14.7 Å². The fourth-order valence-corrected chi connectivity index (χ4v) is 2.73. The van der Waals surface area contributed by atoms with Crippen LogP contribution in [0.5, 0.6) is 0 Å². The number of hydrogen-bond acceptors (Lipinski definition) is 2. The van der Waals surface area contributed by atoms with Crippen molar-refractivity contribution in [1.29, 1.82) is 0 Å². The van der Waals surface area contributed by atoms with Crippen LogP contribution in [0.3, 0.4) is 0 Å². The average Bonchev–Trinajstić information content (AvgIpc) is 2.26. The van der Waals surface area contributed by atoms with Crippen LogP contribution in [-0.4, -0.2) is 29.2 Å². The molecule has 1 saturated carbocycles. The monoisotopic (exact) mass is 284 g/mol. The van der Waals surface area contributed by atoms with Gasteiger partial charge in [0, 0.05) is 6.54 Å². The standard InChI is InChI=1S/C15H28N2O3/c1-11-6-5-7-15(10-11,12(18)19)17-13(20)16-9-8-14(2,3)4/h11H,5-10H2,1-4H3,(H,18,19)(H2,16,17,20). The molecule has 0 aromatic carbocycles. The van der Waals surface area contributed by atoms with Crippen LogP contribution in [0.15, 0.2) is 0 Å². The van der Waals surface area contributed by atoms with Gasteiger partial charge in [-0.3, -0.25) is 0 Å². The van der Waals surface area contributed by atoms with Crippen molar-refractivity contribution in [2.24, 2.45) is 11.3 Å². The van der Waals surface area contributed by atoms with Crippen molar-refractivity contribution in [3.05, 3.63) is 0 Å². The summed E-state index contributed by atoms with van der Waals surface area (Å²) in [5.74, 6) is -0.593. The molecule has 2 amide bonds. The zero-order valence-corrected chi connectivity index (χ0v) is 13.1.